The summed E-state index contributed by atoms with van der Waals surface area (Å²) in [5.41, 5.74) is 5.70. The normalized spacial score (nSPS) is 10.4. The zero-order valence-corrected chi connectivity index (χ0v) is 20.2. The lowest BCUT2D eigenvalue weighted by atomic mass is 10.1. The highest BCUT2D eigenvalue weighted by atomic mass is 79.9. The number of ether oxygens (including phenoxy) is 1. The second-order valence-corrected chi connectivity index (χ2v) is 8.67. The number of aromatic hydroxyl groups is 1. The molecule has 0 spiro atoms. The van der Waals surface area contributed by atoms with E-state index in [1.807, 2.05) is 43.3 Å². The molecule has 3 aromatic carbocycles. The van der Waals surface area contributed by atoms with Crippen LogP contribution in [0.1, 0.15) is 15.9 Å². The molecule has 0 fully saturated rings. The van der Waals surface area contributed by atoms with Gasteiger partial charge in [-0.2, -0.15) is 0 Å². The van der Waals surface area contributed by atoms with Crippen LogP contribution >= 0.6 is 44.1 Å². The second-order valence-electron chi connectivity index (χ2n) is 6.50. The van der Waals surface area contributed by atoms with Crippen LogP contribution in [0, 0.1) is 6.92 Å². The number of aryl methyl sites for hydroxylation is 1. The van der Waals surface area contributed by atoms with Crippen molar-refractivity contribution in [2.45, 2.75) is 6.92 Å². The Hall–Kier alpha value is -2.69. The summed E-state index contributed by atoms with van der Waals surface area (Å²) in [5.74, 6) is -0.742. The minimum Gasteiger partial charge on any atom is -0.507 e. The summed E-state index contributed by atoms with van der Waals surface area (Å²) in [6.45, 7) is 1.58. The Bertz CT molecular complexity index is 1160. The predicted octanol–water partition coefficient (Wildman–Crippen LogP) is 4.09. The fourth-order valence-corrected chi connectivity index (χ4v) is 4.51. The number of fused-ring (bicyclic) bond motifs is 1. The van der Waals surface area contributed by atoms with Gasteiger partial charge in [-0.05, 0) is 75.7 Å². The number of carbonyl (C=O) groups is 2. The molecule has 0 aliphatic carbocycles. The second kappa shape index (κ2) is 10.1. The van der Waals surface area contributed by atoms with E-state index < -0.39 is 11.8 Å². The van der Waals surface area contributed by atoms with Crippen molar-refractivity contribution in [3.05, 3.63) is 68.6 Å². The molecular weight excluding hydrogens is 550 g/mol. The van der Waals surface area contributed by atoms with E-state index in [0.29, 0.717) is 10.2 Å². The van der Waals surface area contributed by atoms with Gasteiger partial charge in [-0.1, -0.05) is 40.2 Å². The van der Waals surface area contributed by atoms with Crippen molar-refractivity contribution in [2.75, 3.05) is 6.61 Å². The third-order valence-electron chi connectivity index (χ3n) is 4.19. The van der Waals surface area contributed by atoms with Crippen LogP contribution in [0.4, 0.5) is 0 Å². The maximum atomic E-state index is 12.4. The Kier molecular flexibility index (Phi) is 7.47. The number of hydrogen-bond donors (Lipinski definition) is 4. The Balaban J connectivity index is 1.52. The van der Waals surface area contributed by atoms with Gasteiger partial charge in [-0.25, -0.2) is 0 Å². The molecule has 2 amide bonds. The van der Waals surface area contributed by atoms with Gasteiger partial charge >= 0.3 is 0 Å². The van der Waals surface area contributed by atoms with E-state index in [1.165, 1.54) is 6.07 Å². The van der Waals surface area contributed by atoms with Crippen molar-refractivity contribution in [3.63, 3.8) is 0 Å². The standard InChI is InChI=1S/C21H17Br2N3O4S/c1-11-6-14(22)9-16(23)19(11)30-10-18(28)24-21(31)26-25-20(29)15-7-12-4-2-3-5-13(12)8-17(15)27/h2-9,27H,10H2,1H3,(H,25,29)(H2,24,26,28,31). The molecule has 0 saturated heterocycles. The van der Waals surface area contributed by atoms with Crippen molar-refractivity contribution in [3.8, 4) is 11.5 Å². The van der Waals surface area contributed by atoms with Crippen molar-refractivity contribution in [2.24, 2.45) is 0 Å². The van der Waals surface area contributed by atoms with Crippen LogP contribution in [0.5, 0.6) is 11.5 Å². The fraction of sp³-hybridized carbons (Fsp3) is 0.0952. The quantitative estimate of drug-likeness (QED) is 0.280. The topological polar surface area (TPSA) is 99.7 Å². The average molecular weight is 567 g/mol. The Morgan fingerprint density at radius 1 is 1.06 bits per heavy atom. The molecule has 4 N–H and O–H groups in total. The smallest absolute Gasteiger partial charge is 0.273 e. The molecule has 0 aliphatic heterocycles. The van der Waals surface area contributed by atoms with E-state index in [9.17, 15) is 14.7 Å². The monoisotopic (exact) mass is 565 g/mol. The van der Waals surface area contributed by atoms with Gasteiger partial charge in [0, 0.05) is 4.47 Å². The highest BCUT2D eigenvalue weighted by molar-refractivity contribution is 9.11. The molecule has 10 heteroatoms. The molecule has 160 valence electrons. The zero-order chi connectivity index (χ0) is 22.5. The number of hydrogen-bond acceptors (Lipinski definition) is 5. The van der Waals surface area contributed by atoms with Gasteiger partial charge in [0.1, 0.15) is 11.5 Å². The van der Waals surface area contributed by atoms with Gasteiger partial charge < -0.3 is 9.84 Å². The van der Waals surface area contributed by atoms with Crippen molar-refractivity contribution in [1.82, 2.24) is 16.2 Å². The van der Waals surface area contributed by atoms with Crippen LogP contribution in [-0.2, 0) is 4.79 Å². The van der Waals surface area contributed by atoms with Crippen molar-refractivity contribution >= 4 is 71.8 Å². The highest BCUT2D eigenvalue weighted by Gasteiger charge is 2.14. The van der Waals surface area contributed by atoms with Crippen LogP contribution in [0.2, 0.25) is 0 Å². The molecule has 7 nitrogen and oxygen atoms in total. The van der Waals surface area contributed by atoms with Gasteiger partial charge in [0.15, 0.2) is 11.7 Å². The molecule has 0 saturated carbocycles. The number of thiocarbonyl (C=S) groups is 1. The van der Waals surface area contributed by atoms with Gasteiger partial charge in [0.2, 0.25) is 0 Å². The van der Waals surface area contributed by atoms with Crippen LogP contribution in [0.25, 0.3) is 10.8 Å². The molecule has 3 rings (SSSR count). The van der Waals surface area contributed by atoms with E-state index >= 15 is 0 Å². The average Bonchev–Trinajstić information content (AvgIpc) is 2.70. The summed E-state index contributed by atoms with van der Waals surface area (Å²) in [6.07, 6.45) is 0. The zero-order valence-electron chi connectivity index (χ0n) is 16.2. The van der Waals surface area contributed by atoms with Crippen LogP contribution in [0.3, 0.4) is 0 Å². The maximum Gasteiger partial charge on any atom is 0.273 e. The number of phenolic OH excluding ortho intramolecular Hbond substituents is 1. The summed E-state index contributed by atoms with van der Waals surface area (Å²) in [4.78, 5) is 24.5. The number of benzene rings is 3. The summed E-state index contributed by atoms with van der Waals surface area (Å²) in [5, 5.41) is 14.0. The first-order valence-corrected chi connectivity index (χ1v) is 10.9. The van der Waals surface area contributed by atoms with Gasteiger partial charge in [0.05, 0.1) is 10.0 Å². The van der Waals surface area contributed by atoms with E-state index in [0.717, 1.165) is 20.8 Å². The SMILES string of the molecule is Cc1cc(Br)cc(Br)c1OCC(=O)NC(=S)NNC(=O)c1cc2ccccc2cc1O. The lowest BCUT2D eigenvalue weighted by molar-refractivity contribution is -0.121. The molecule has 3 aromatic rings. The number of nitrogens with one attached hydrogen (secondary N) is 3. The van der Waals surface area contributed by atoms with E-state index in [-0.39, 0.29) is 23.0 Å². The van der Waals surface area contributed by atoms with Gasteiger partial charge in [0.25, 0.3) is 11.8 Å². The molecular formula is C21H17Br2N3O4S. The molecule has 0 unspecified atom stereocenters. The third kappa shape index (κ3) is 5.93. The Morgan fingerprint density at radius 3 is 2.42 bits per heavy atom. The number of rotatable bonds is 4. The van der Waals surface area contributed by atoms with Gasteiger partial charge in [-0.15, -0.1) is 0 Å². The Labute approximate surface area is 200 Å². The molecule has 0 radical (unpaired) electrons. The molecule has 31 heavy (non-hydrogen) atoms. The minimum atomic E-state index is -0.606. The molecule has 0 heterocycles. The van der Waals surface area contributed by atoms with E-state index in [4.69, 9.17) is 17.0 Å². The fourth-order valence-electron chi connectivity index (χ4n) is 2.79. The lowest BCUT2D eigenvalue weighted by Gasteiger charge is -2.14. The molecule has 0 aliphatic rings. The summed E-state index contributed by atoms with van der Waals surface area (Å²) < 4.78 is 7.13. The summed E-state index contributed by atoms with van der Waals surface area (Å²) >= 11 is 11.8. The van der Waals surface area contributed by atoms with Crippen LogP contribution in [0.15, 0.2) is 57.5 Å². The first-order valence-electron chi connectivity index (χ1n) is 8.95. The third-order valence-corrected chi connectivity index (χ3v) is 5.44. The maximum absolute atomic E-state index is 12.4. The van der Waals surface area contributed by atoms with Gasteiger partial charge in [-0.3, -0.25) is 25.8 Å². The number of amides is 2. The number of hydrazine groups is 1. The Morgan fingerprint density at radius 2 is 1.74 bits per heavy atom. The molecule has 0 bridgehead atoms. The van der Waals surface area contributed by atoms with E-state index in [2.05, 4.69) is 48.0 Å². The number of phenols is 1. The molecule has 0 aromatic heterocycles. The predicted molar refractivity (Wildman–Crippen MR) is 129 cm³/mol. The number of carbonyl (C=O) groups excluding carboxylic acids is 2. The van der Waals surface area contributed by atoms with Crippen LogP contribution < -0.4 is 20.9 Å². The number of halogens is 2. The molecule has 0 atom stereocenters. The lowest BCUT2D eigenvalue weighted by Crippen LogP contribution is -2.49. The van der Waals surface area contributed by atoms with E-state index in [1.54, 1.807) is 6.07 Å². The first kappa shape index (κ1) is 23.0. The first-order chi connectivity index (χ1) is 14.7. The van der Waals surface area contributed by atoms with Crippen molar-refractivity contribution in [1.29, 1.82) is 0 Å². The highest BCUT2D eigenvalue weighted by Crippen LogP contribution is 2.32. The summed E-state index contributed by atoms with van der Waals surface area (Å²) in [7, 11) is 0. The van der Waals surface area contributed by atoms with Crippen molar-refractivity contribution < 1.29 is 19.4 Å². The summed E-state index contributed by atoms with van der Waals surface area (Å²) in [6, 6.07) is 14.1. The minimum absolute atomic E-state index is 0.0687. The van der Waals surface area contributed by atoms with Crippen LogP contribution in [-0.4, -0.2) is 28.6 Å². The largest absolute Gasteiger partial charge is 0.507 e.